The third kappa shape index (κ3) is 6.09. The summed E-state index contributed by atoms with van der Waals surface area (Å²) in [6.07, 6.45) is 0.735. The monoisotopic (exact) mass is 418 g/mol. The summed E-state index contributed by atoms with van der Waals surface area (Å²) in [5.74, 6) is 0.792. The highest BCUT2D eigenvalue weighted by Gasteiger charge is 2.18. The van der Waals surface area contributed by atoms with E-state index in [1.54, 1.807) is 62.7 Å². The number of ether oxygens (including phenoxy) is 2. The topological polar surface area (TPSA) is 67.9 Å². The lowest BCUT2D eigenvalue weighted by Gasteiger charge is -2.20. The minimum Gasteiger partial charge on any atom is -0.497 e. The third-order valence-electron chi connectivity index (χ3n) is 4.85. The number of hydrogen-bond donors (Lipinski definition) is 1. The molecule has 0 aromatic heterocycles. The molecule has 0 radical (unpaired) electrons. The van der Waals surface area contributed by atoms with Crippen LogP contribution in [0.5, 0.6) is 11.5 Å². The molecule has 0 saturated heterocycles. The van der Waals surface area contributed by atoms with Gasteiger partial charge in [-0.3, -0.25) is 9.59 Å². The molecule has 160 valence electrons. The van der Waals surface area contributed by atoms with E-state index >= 15 is 0 Å². The number of amides is 2. The Bertz CT molecular complexity index is 1000. The summed E-state index contributed by atoms with van der Waals surface area (Å²) < 4.78 is 10.7. The molecule has 0 aliphatic carbocycles. The zero-order chi connectivity index (χ0) is 22.1. The Morgan fingerprint density at radius 2 is 1.52 bits per heavy atom. The maximum atomic E-state index is 12.7. The summed E-state index contributed by atoms with van der Waals surface area (Å²) in [5, 5.41) is 2.93. The maximum absolute atomic E-state index is 12.7. The molecule has 6 nitrogen and oxygen atoms in total. The van der Waals surface area contributed by atoms with Gasteiger partial charge < -0.3 is 19.7 Å². The van der Waals surface area contributed by atoms with Crippen LogP contribution in [0, 0.1) is 0 Å². The van der Waals surface area contributed by atoms with Crippen molar-refractivity contribution in [2.24, 2.45) is 0 Å². The van der Waals surface area contributed by atoms with Crippen LogP contribution in [0.25, 0.3) is 0 Å². The molecule has 0 aliphatic rings. The Morgan fingerprint density at radius 1 is 0.871 bits per heavy atom. The van der Waals surface area contributed by atoms with E-state index < -0.39 is 0 Å². The van der Waals surface area contributed by atoms with Crippen LogP contribution < -0.4 is 19.7 Å². The standard InChI is InChI=1S/C25H26N2O4/c1-27(24(28)18-31-21-14-12-20(30-2)13-15-21)23-11-7-6-10-22(23)25(29)26-17-16-19-8-4-3-5-9-19/h3-15H,16-18H2,1-2H3,(H,26,29). The van der Waals surface area contributed by atoms with Crippen LogP contribution in [-0.2, 0) is 11.2 Å². The smallest absolute Gasteiger partial charge is 0.264 e. The molecule has 31 heavy (non-hydrogen) atoms. The summed E-state index contributed by atoms with van der Waals surface area (Å²) in [6, 6.07) is 24.0. The lowest BCUT2D eigenvalue weighted by molar-refractivity contribution is -0.120. The fraction of sp³-hybridized carbons (Fsp3) is 0.200. The van der Waals surface area contributed by atoms with Crippen LogP contribution in [0.4, 0.5) is 5.69 Å². The molecule has 0 fully saturated rings. The zero-order valence-corrected chi connectivity index (χ0v) is 17.7. The van der Waals surface area contributed by atoms with Gasteiger partial charge in [-0.1, -0.05) is 42.5 Å². The first-order chi connectivity index (χ1) is 15.1. The lowest BCUT2D eigenvalue weighted by atomic mass is 10.1. The van der Waals surface area contributed by atoms with E-state index in [0.29, 0.717) is 29.3 Å². The van der Waals surface area contributed by atoms with Crippen LogP contribution in [0.3, 0.4) is 0 Å². The predicted molar refractivity (Wildman–Crippen MR) is 121 cm³/mol. The number of carbonyl (C=O) groups is 2. The molecule has 0 spiro atoms. The Balaban J connectivity index is 1.59. The number of anilines is 1. The van der Waals surface area contributed by atoms with Crippen molar-refractivity contribution < 1.29 is 19.1 Å². The number of rotatable bonds is 9. The predicted octanol–water partition coefficient (Wildman–Crippen LogP) is 3.71. The highest BCUT2D eigenvalue weighted by molar-refractivity contribution is 6.04. The van der Waals surface area contributed by atoms with E-state index in [1.165, 1.54) is 4.90 Å². The molecule has 0 bridgehead atoms. The molecule has 6 heteroatoms. The van der Waals surface area contributed by atoms with Gasteiger partial charge in [0.25, 0.3) is 11.8 Å². The van der Waals surface area contributed by atoms with Crippen LogP contribution in [0.15, 0.2) is 78.9 Å². The first kappa shape index (κ1) is 21.9. The first-order valence-corrected chi connectivity index (χ1v) is 10.0. The van der Waals surface area contributed by atoms with Crippen molar-refractivity contribution in [3.05, 3.63) is 90.0 Å². The van der Waals surface area contributed by atoms with Gasteiger partial charge in [-0.05, 0) is 48.4 Å². The van der Waals surface area contributed by atoms with Crippen LogP contribution in [-0.4, -0.2) is 39.1 Å². The largest absolute Gasteiger partial charge is 0.497 e. The molecule has 2 amide bonds. The quantitative estimate of drug-likeness (QED) is 0.575. The Kier molecular flexibility index (Phi) is 7.65. The summed E-state index contributed by atoms with van der Waals surface area (Å²) in [7, 11) is 3.22. The summed E-state index contributed by atoms with van der Waals surface area (Å²) in [5.41, 5.74) is 2.12. The molecule has 0 heterocycles. The van der Waals surface area contributed by atoms with E-state index in [1.807, 2.05) is 30.3 Å². The molecule has 3 aromatic carbocycles. The normalized spacial score (nSPS) is 10.3. The van der Waals surface area contributed by atoms with Crippen LogP contribution in [0.1, 0.15) is 15.9 Å². The molecule has 0 atom stereocenters. The number of carbonyl (C=O) groups excluding carboxylic acids is 2. The molecule has 3 rings (SSSR count). The van der Waals surface area contributed by atoms with E-state index in [9.17, 15) is 9.59 Å². The highest BCUT2D eigenvalue weighted by atomic mass is 16.5. The van der Waals surface area contributed by atoms with Crippen molar-refractivity contribution in [2.75, 3.05) is 32.2 Å². The van der Waals surface area contributed by atoms with Crippen molar-refractivity contribution in [3.8, 4) is 11.5 Å². The zero-order valence-electron chi connectivity index (χ0n) is 17.7. The molecular weight excluding hydrogens is 392 g/mol. The average molecular weight is 418 g/mol. The van der Waals surface area contributed by atoms with E-state index in [2.05, 4.69) is 5.32 Å². The van der Waals surface area contributed by atoms with E-state index in [4.69, 9.17) is 9.47 Å². The molecule has 0 saturated carbocycles. The first-order valence-electron chi connectivity index (χ1n) is 10.0. The number of para-hydroxylation sites is 1. The van der Waals surface area contributed by atoms with Crippen molar-refractivity contribution in [1.82, 2.24) is 5.32 Å². The Hall–Kier alpha value is -3.80. The van der Waals surface area contributed by atoms with Gasteiger partial charge in [-0.25, -0.2) is 0 Å². The molecular formula is C25H26N2O4. The molecule has 3 aromatic rings. The highest BCUT2D eigenvalue weighted by Crippen LogP contribution is 2.21. The Morgan fingerprint density at radius 3 is 2.23 bits per heavy atom. The molecule has 1 N–H and O–H groups in total. The molecule has 0 aliphatic heterocycles. The van der Waals surface area contributed by atoms with Gasteiger partial charge >= 0.3 is 0 Å². The molecule has 0 unspecified atom stereocenters. The van der Waals surface area contributed by atoms with Crippen molar-refractivity contribution in [2.45, 2.75) is 6.42 Å². The summed E-state index contributed by atoms with van der Waals surface area (Å²) in [6.45, 7) is 0.363. The second kappa shape index (κ2) is 10.8. The SMILES string of the molecule is COc1ccc(OCC(=O)N(C)c2ccccc2C(=O)NCCc2ccccc2)cc1. The summed E-state index contributed by atoms with van der Waals surface area (Å²) in [4.78, 5) is 26.8. The minimum atomic E-state index is -0.264. The van der Waals surface area contributed by atoms with Crippen molar-refractivity contribution in [1.29, 1.82) is 0 Å². The number of methoxy groups -OCH3 is 1. The minimum absolute atomic E-state index is 0.146. The van der Waals surface area contributed by atoms with Crippen molar-refractivity contribution >= 4 is 17.5 Å². The van der Waals surface area contributed by atoms with E-state index in [-0.39, 0.29) is 18.4 Å². The summed E-state index contributed by atoms with van der Waals surface area (Å²) >= 11 is 0. The number of likely N-dealkylation sites (N-methyl/N-ethyl adjacent to an activating group) is 1. The number of benzene rings is 3. The van der Waals surface area contributed by atoms with Crippen LogP contribution in [0.2, 0.25) is 0 Å². The maximum Gasteiger partial charge on any atom is 0.264 e. The Labute approximate surface area is 182 Å². The average Bonchev–Trinajstić information content (AvgIpc) is 2.83. The number of nitrogens with one attached hydrogen (secondary N) is 1. The van der Waals surface area contributed by atoms with Crippen LogP contribution >= 0.6 is 0 Å². The second-order valence-corrected chi connectivity index (χ2v) is 6.93. The fourth-order valence-electron chi connectivity index (χ4n) is 3.07. The second-order valence-electron chi connectivity index (χ2n) is 6.93. The third-order valence-corrected chi connectivity index (χ3v) is 4.85. The van der Waals surface area contributed by atoms with Gasteiger partial charge in [0.05, 0.1) is 18.4 Å². The number of hydrogen-bond acceptors (Lipinski definition) is 4. The van der Waals surface area contributed by atoms with Crippen molar-refractivity contribution in [3.63, 3.8) is 0 Å². The van der Waals surface area contributed by atoms with Gasteiger partial charge in [0, 0.05) is 13.6 Å². The van der Waals surface area contributed by atoms with E-state index in [0.717, 1.165) is 12.0 Å². The van der Waals surface area contributed by atoms with Gasteiger partial charge in [0.1, 0.15) is 11.5 Å². The van der Waals surface area contributed by atoms with Gasteiger partial charge in [0.15, 0.2) is 6.61 Å². The van der Waals surface area contributed by atoms with Gasteiger partial charge in [-0.15, -0.1) is 0 Å². The van der Waals surface area contributed by atoms with Gasteiger partial charge in [-0.2, -0.15) is 0 Å². The van der Waals surface area contributed by atoms with Gasteiger partial charge in [0.2, 0.25) is 0 Å². The number of nitrogens with zero attached hydrogens (tertiary/aromatic N) is 1. The fourth-order valence-corrected chi connectivity index (χ4v) is 3.07. The lowest BCUT2D eigenvalue weighted by Crippen LogP contribution is -2.34.